The first-order valence-corrected chi connectivity index (χ1v) is 7.28. The standard InChI is InChI=1S/C13H17N3S/c14-7-11-4-1-5-13-15-12(8-16(11)13)10-3-2-6-17-9-10/h1,4-5,8,10H,2-3,6-7,9,14H2. The van der Waals surface area contributed by atoms with Gasteiger partial charge in [-0.1, -0.05) is 6.07 Å². The van der Waals surface area contributed by atoms with Crippen molar-refractivity contribution in [3.63, 3.8) is 0 Å². The Morgan fingerprint density at radius 2 is 2.41 bits per heavy atom. The summed E-state index contributed by atoms with van der Waals surface area (Å²) in [5, 5.41) is 0. The van der Waals surface area contributed by atoms with E-state index in [4.69, 9.17) is 10.7 Å². The lowest BCUT2D eigenvalue weighted by Crippen LogP contribution is -2.08. The van der Waals surface area contributed by atoms with Crippen molar-refractivity contribution in [1.29, 1.82) is 0 Å². The van der Waals surface area contributed by atoms with Gasteiger partial charge < -0.3 is 10.1 Å². The van der Waals surface area contributed by atoms with E-state index in [1.54, 1.807) is 0 Å². The number of hydrogen-bond donors (Lipinski definition) is 1. The lowest BCUT2D eigenvalue weighted by Gasteiger charge is -2.18. The minimum Gasteiger partial charge on any atom is -0.325 e. The van der Waals surface area contributed by atoms with Gasteiger partial charge in [0.15, 0.2) is 0 Å². The molecule has 2 aromatic heterocycles. The Hall–Kier alpha value is -1.00. The Bertz CT molecular complexity index is 514. The molecule has 1 unspecified atom stereocenters. The second kappa shape index (κ2) is 4.70. The number of pyridine rings is 1. The highest BCUT2D eigenvalue weighted by Crippen LogP contribution is 2.30. The average Bonchev–Trinajstić information content (AvgIpc) is 2.83. The van der Waals surface area contributed by atoms with Crippen LogP contribution in [0.25, 0.3) is 5.65 Å². The maximum Gasteiger partial charge on any atom is 0.137 e. The summed E-state index contributed by atoms with van der Waals surface area (Å²) < 4.78 is 2.13. The number of aromatic nitrogens is 2. The molecule has 1 fully saturated rings. The zero-order valence-electron chi connectivity index (χ0n) is 9.80. The normalized spacial score (nSPS) is 20.9. The van der Waals surface area contributed by atoms with E-state index in [-0.39, 0.29) is 0 Å². The number of imidazole rings is 1. The fraction of sp³-hybridized carbons (Fsp3) is 0.462. The van der Waals surface area contributed by atoms with Crippen LogP contribution in [0.4, 0.5) is 0 Å². The van der Waals surface area contributed by atoms with E-state index in [1.165, 1.54) is 30.0 Å². The van der Waals surface area contributed by atoms with Gasteiger partial charge in [-0.05, 0) is 30.7 Å². The van der Waals surface area contributed by atoms with Gasteiger partial charge in [0.1, 0.15) is 5.65 Å². The molecule has 2 aromatic rings. The van der Waals surface area contributed by atoms with Gasteiger partial charge in [0, 0.05) is 30.1 Å². The summed E-state index contributed by atoms with van der Waals surface area (Å²) in [7, 11) is 0. The molecule has 0 bridgehead atoms. The van der Waals surface area contributed by atoms with E-state index in [2.05, 4.69) is 22.7 Å². The van der Waals surface area contributed by atoms with E-state index in [0.717, 1.165) is 11.3 Å². The minimum atomic E-state index is 0.562. The van der Waals surface area contributed by atoms with Crippen LogP contribution in [0, 0.1) is 0 Å². The Balaban J connectivity index is 2.00. The molecule has 0 spiro atoms. The van der Waals surface area contributed by atoms with Crippen molar-refractivity contribution in [1.82, 2.24) is 9.38 Å². The molecule has 2 N–H and O–H groups in total. The smallest absolute Gasteiger partial charge is 0.137 e. The molecule has 1 aliphatic heterocycles. The maximum atomic E-state index is 5.75. The highest BCUT2D eigenvalue weighted by atomic mass is 32.2. The minimum absolute atomic E-state index is 0.562. The average molecular weight is 247 g/mol. The molecule has 1 atom stereocenters. The summed E-state index contributed by atoms with van der Waals surface area (Å²) in [6.45, 7) is 0.562. The third-order valence-electron chi connectivity index (χ3n) is 3.38. The molecular formula is C13H17N3S. The molecule has 1 saturated heterocycles. The Labute approximate surface area is 105 Å². The van der Waals surface area contributed by atoms with Crippen LogP contribution in [0.3, 0.4) is 0 Å². The second-order valence-corrected chi connectivity index (χ2v) is 5.68. The Kier molecular flexibility index (Phi) is 3.07. The largest absolute Gasteiger partial charge is 0.325 e. The number of fused-ring (bicyclic) bond motifs is 1. The van der Waals surface area contributed by atoms with Gasteiger partial charge in [0.05, 0.1) is 5.69 Å². The fourth-order valence-corrected chi connectivity index (χ4v) is 3.58. The quantitative estimate of drug-likeness (QED) is 0.886. The summed E-state index contributed by atoms with van der Waals surface area (Å²) in [6, 6.07) is 6.15. The molecule has 0 aliphatic carbocycles. The SMILES string of the molecule is NCc1cccc2nc(C3CCCSC3)cn12. The van der Waals surface area contributed by atoms with Gasteiger partial charge in [-0.2, -0.15) is 11.8 Å². The van der Waals surface area contributed by atoms with Gasteiger partial charge >= 0.3 is 0 Å². The molecule has 0 saturated carbocycles. The third-order valence-corrected chi connectivity index (χ3v) is 4.60. The molecule has 0 amide bonds. The highest BCUT2D eigenvalue weighted by Gasteiger charge is 2.18. The third kappa shape index (κ3) is 2.07. The van der Waals surface area contributed by atoms with Crippen LogP contribution in [0.1, 0.15) is 30.1 Å². The lowest BCUT2D eigenvalue weighted by molar-refractivity contribution is 0.647. The van der Waals surface area contributed by atoms with Crippen LogP contribution >= 0.6 is 11.8 Å². The number of thioether (sulfide) groups is 1. The van der Waals surface area contributed by atoms with Crippen molar-refractivity contribution in [3.05, 3.63) is 35.8 Å². The Morgan fingerprint density at radius 3 is 3.18 bits per heavy atom. The van der Waals surface area contributed by atoms with E-state index < -0.39 is 0 Å². The lowest BCUT2D eigenvalue weighted by atomic mass is 10.0. The topological polar surface area (TPSA) is 43.3 Å². The van der Waals surface area contributed by atoms with Gasteiger partial charge in [-0.3, -0.25) is 0 Å². The number of rotatable bonds is 2. The van der Waals surface area contributed by atoms with E-state index in [0.29, 0.717) is 12.5 Å². The van der Waals surface area contributed by atoms with Crippen LogP contribution in [-0.2, 0) is 6.54 Å². The van der Waals surface area contributed by atoms with Crippen LogP contribution in [0.2, 0.25) is 0 Å². The second-order valence-electron chi connectivity index (χ2n) is 4.53. The number of nitrogens with two attached hydrogens (primary N) is 1. The molecule has 0 aromatic carbocycles. The zero-order valence-corrected chi connectivity index (χ0v) is 10.6. The van der Waals surface area contributed by atoms with Gasteiger partial charge in [0.25, 0.3) is 0 Å². The van der Waals surface area contributed by atoms with Crippen molar-refractivity contribution < 1.29 is 0 Å². The van der Waals surface area contributed by atoms with E-state index >= 15 is 0 Å². The highest BCUT2D eigenvalue weighted by molar-refractivity contribution is 7.99. The molecule has 0 radical (unpaired) electrons. The summed E-state index contributed by atoms with van der Waals surface area (Å²) in [4.78, 5) is 4.74. The predicted octanol–water partition coefficient (Wildman–Crippen LogP) is 2.40. The summed E-state index contributed by atoms with van der Waals surface area (Å²) in [5.74, 6) is 3.14. The zero-order chi connectivity index (χ0) is 11.7. The van der Waals surface area contributed by atoms with Crippen LogP contribution < -0.4 is 5.73 Å². The van der Waals surface area contributed by atoms with Crippen LogP contribution in [-0.4, -0.2) is 20.9 Å². The molecule has 3 rings (SSSR count). The molecular weight excluding hydrogens is 230 g/mol. The van der Waals surface area contributed by atoms with Crippen molar-refractivity contribution in [3.8, 4) is 0 Å². The number of nitrogens with zero attached hydrogens (tertiary/aromatic N) is 2. The molecule has 4 heteroatoms. The monoisotopic (exact) mass is 247 g/mol. The maximum absolute atomic E-state index is 5.75. The van der Waals surface area contributed by atoms with E-state index in [1.807, 2.05) is 17.8 Å². The molecule has 1 aliphatic rings. The summed E-state index contributed by atoms with van der Waals surface area (Å²) in [6.07, 6.45) is 4.76. The first-order valence-electron chi connectivity index (χ1n) is 6.13. The molecule has 3 nitrogen and oxygen atoms in total. The van der Waals surface area contributed by atoms with Gasteiger partial charge in [0.2, 0.25) is 0 Å². The van der Waals surface area contributed by atoms with Crippen molar-refractivity contribution in [2.75, 3.05) is 11.5 Å². The Morgan fingerprint density at radius 1 is 1.47 bits per heavy atom. The first-order chi connectivity index (χ1) is 8.38. The van der Waals surface area contributed by atoms with Crippen molar-refractivity contribution in [2.24, 2.45) is 5.73 Å². The van der Waals surface area contributed by atoms with Crippen LogP contribution in [0.5, 0.6) is 0 Å². The van der Waals surface area contributed by atoms with Crippen molar-refractivity contribution in [2.45, 2.75) is 25.3 Å². The van der Waals surface area contributed by atoms with Crippen LogP contribution in [0.15, 0.2) is 24.4 Å². The summed E-state index contributed by atoms with van der Waals surface area (Å²) >= 11 is 2.04. The van der Waals surface area contributed by atoms with E-state index in [9.17, 15) is 0 Å². The number of hydrogen-bond acceptors (Lipinski definition) is 3. The molecule has 90 valence electrons. The predicted molar refractivity (Wildman–Crippen MR) is 72.4 cm³/mol. The van der Waals surface area contributed by atoms with Crippen molar-refractivity contribution >= 4 is 17.4 Å². The van der Waals surface area contributed by atoms with Gasteiger partial charge in [-0.25, -0.2) is 4.98 Å². The molecule has 3 heterocycles. The first kappa shape index (κ1) is 11.1. The summed E-state index contributed by atoms with van der Waals surface area (Å²) in [5.41, 5.74) is 9.14. The fourth-order valence-electron chi connectivity index (χ4n) is 2.42. The van der Waals surface area contributed by atoms with Gasteiger partial charge in [-0.15, -0.1) is 0 Å². The molecule has 17 heavy (non-hydrogen) atoms.